The van der Waals surface area contributed by atoms with Gasteiger partial charge in [0.05, 0.1) is 4.92 Å². The van der Waals surface area contributed by atoms with Gasteiger partial charge in [-0.05, 0) is 51.8 Å². The summed E-state index contributed by atoms with van der Waals surface area (Å²) in [6, 6.07) is 6.15. The van der Waals surface area contributed by atoms with E-state index in [1.54, 1.807) is 19.1 Å². The Kier molecular flexibility index (Phi) is 5.56. The number of nitrogens with one attached hydrogen (secondary N) is 2. The van der Waals surface area contributed by atoms with Crippen LogP contribution < -0.4 is 10.6 Å². The maximum atomic E-state index is 10.8. The first-order valence-corrected chi connectivity index (χ1v) is 7.81. The molecule has 0 saturated carbocycles. The maximum Gasteiger partial charge on any atom is 0.272 e. The van der Waals surface area contributed by atoms with E-state index < -0.39 is 0 Å². The highest BCUT2D eigenvalue weighted by Crippen LogP contribution is 2.23. The molecule has 1 aliphatic heterocycles. The highest BCUT2D eigenvalue weighted by atomic mass is 16.6. The smallest absolute Gasteiger partial charge is 0.272 e. The van der Waals surface area contributed by atoms with Gasteiger partial charge in [-0.2, -0.15) is 0 Å². The van der Waals surface area contributed by atoms with Crippen molar-refractivity contribution in [1.29, 1.82) is 0 Å². The molecule has 2 rings (SSSR count). The van der Waals surface area contributed by atoms with E-state index in [1.165, 1.54) is 25.7 Å². The van der Waals surface area contributed by atoms with Crippen LogP contribution in [0.2, 0.25) is 0 Å². The van der Waals surface area contributed by atoms with Gasteiger partial charge in [0.25, 0.3) is 5.69 Å². The quantitative estimate of drug-likeness (QED) is 0.642. The van der Waals surface area contributed by atoms with Crippen molar-refractivity contribution in [3.05, 3.63) is 33.9 Å². The number of nitro groups is 1. The Bertz CT molecular complexity index is 482. The van der Waals surface area contributed by atoms with Gasteiger partial charge in [-0.3, -0.25) is 10.1 Å². The fourth-order valence-electron chi connectivity index (χ4n) is 3.02. The second-order valence-corrected chi connectivity index (χ2v) is 6.04. The SMILES string of the molecule is Cc1cc(NC(C)CC2CCCCCN2)ccc1[N+](=O)[O-]. The molecule has 1 heterocycles. The number of aryl methyl sites for hydroxylation is 1. The summed E-state index contributed by atoms with van der Waals surface area (Å²) in [7, 11) is 0. The summed E-state index contributed by atoms with van der Waals surface area (Å²) >= 11 is 0. The number of hydrogen-bond acceptors (Lipinski definition) is 4. The minimum Gasteiger partial charge on any atom is -0.383 e. The first-order chi connectivity index (χ1) is 10.1. The van der Waals surface area contributed by atoms with Crippen molar-refractivity contribution in [2.24, 2.45) is 0 Å². The van der Waals surface area contributed by atoms with E-state index in [0.29, 0.717) is 17.6 Å². The van der Waals surface area contributed by atoms with Crippen LogP contribution in [0.5, 0.6) is 0 Å². The number of nitrogens with zero attached hydrogens (tertiary/aromatic N) is 1. The van der Waals surface area contributed by atoms with Crippen molar-refractivity contribution in [3.63, 3.8) is 0 Å². The standard InChI is InChI=1S/C16H25N3O2/c1-12-10-15(7-8-16(12)19(20)21)18-13(2)11-14-6-4-3-5-9-17-14/h7-8,10,13-14,17-18H,3-6,9,11H2,1-2H3. The molecule has 116 valence electrons. The number of nitro benzene ring substituents is 1. The lowest BCUT2D eigenvalue weighted by atomic mass is 10.0. The van der Waals surface area contributed by atoms with Crippen LogP contribution in [0.15, 0.2) is 18.2 Å². The highest BCUT2D eigenvalue weighted by Gasteiger charge is 2.16. The molecular formula is C16H25N3O2. The van der Waals surface area contributed by atoms with Gasteiger partial charge in [0, 0.05) is 29.4 Å². The van der Waals surface area contributed by atoms with E-state index in [2.05, 4.69) is 17.6 Å². The molecule has 0 spiro atoms. The lowest BCUT2D eigenvalue weighted by Gasteiger charge is -2.22. The minimum atomic E-state index is -0.335. The first kappa shape index (κ1) is 15.8. The molecule has 0 amide bonds. The Morgan fingerprint density at radius 3 is 2.95 bits per heavy atom. The molecule has 0 aliphatic carbocycles. The van der Waals surface area contributed by atoms with Gasteiger partial charge in [-0.25, -0.2) is 0 Å². The van der Waals surface area contributed by atoms with Crippen molar-refractivity contribution >= 4 is 11.4 Å². The van der Waals surface area contributed by atoms with Crippen LogP contribution >= 0.6 is 0 Å². The van der Waals surface area contributed by atoms with Gasteiger partial charge in [0.1, 0.15) is 0 Å². The number of rotatable bonds is 5. The summed E-state index contributed by atoms with van der Waals surface area (Å²) in [5, 5.41) is 17.9. The lowest BCUT2D eigenvalue weighted by Crippen LogP contribution is -2.33. The molecule has 0 radical (unpaired) electrons. The number of anilines is 1. The molecule has 5 nitrogen and oxygen atoms in total. The molecule has 2 atom stereocenters. The van der Waals surface area contributed by atoms with Crippen molar-refractivity contribution in [1.82, 2.24) is 5.32 Å². The fraction of sp³-hybridized carbons (Fsp3) is 0.625. The summed E-state index contributed by atoms with van der Waals surface area (Å²) in [4.78, 5) is 10.5. The Balaban J connectivity index is 1.91. The summed E-state index contributed by atoms with van der Waals surface area (Å²) in [5.74, 6) is 0. The lowest BCUT2D eigenvalue weighted by molar-refractivity contribution is -0.385. The molecule has 1 aromatic carbocycles. The van der Waals surface area contributed by atoms with Crippen LogP contribution in [-0.2, 0) is 0 Å². The molecule has 0 bridgehead atoms. The van der Waals surface area contributed by atoms with Crippen molar-refractivity contribution < 1.29 is 4.92 Å². The molecular weight excluding hydrogens is 266 g/mol. The van der Waals surface area contributed by atoms with E-state index in [9.17, 15) is 10.1 Å². The largest absolute Gasteiger partial charge is 0.383 e. The van der Waals surface area contributed by atoms with Gasteiger partial charge in [0.2, 0.25) is 0 Å². The van der Waals surface area contributed by atoms with E-state index in [0.717, 1.165) is 18.7 Å². The molecule has 1 aromatic rings. The third-order valence-corrected chi connectivity index (χ3v) is 4.11. The third kappa shape index (κ3) is 4.70. The molecule has 1 saturated heterocycles. The summed E-state index contributed by atoms with van der Waals surface area (Å²) < 4.78 is 0. The van der Waals surface area contributed by atoms with Crippen LogP contribution in [0.25, 0.3) is 0 Å². The van der Waals surface area contributed by atoms with Gasteiger partial charge in [-0.1, -0.05) is 12.8 Å². The van der Waals surface area contributed by atoms with Crippen LogP contribution in [-0.4, -0.2) is 23.6 Å². The Labute approximate surface area is 126 Å². The van der Waals surface area contributed by atoms with E-state index in [1.807, 2.05) is 6.07 Å². The molecule has 2 N–H and O–H groups in total. The van der Waals surface area contributed by atoms with Crippen molar-refractivity contribution in [3.8, 4) is 0 Å². The zero-order valence-corrected chi connectivity index (χ0v) is 12.9. The average molecular weight is 291 g/mol. The maximum absolute atomic E-state index is 10.8. The van der Waals surface area contributed by atoms with E-state index in [-0.39, 0.29) is 10.6 Å². The molecule has 0 aromatic heterocycles. The van der Waals surface area contributed by atoms with Crippen molar-refractivity contribution in [2.45, 2.75) is 58.0 Å². The van der Waals surface area contributed by atoms with E-state index >= 15 is 0 Å². The van der Waals surface area contributed by atoms with Crippen LogP contribution in [0.1, 0.15) is 44.6 Å². The first-order valence-electron chi connectivity index (χ1n) is 7.81. The summed E-state index contributed by atoms with van der Waals surface area (Å²) in [5.41, 5.74) is 1.84. The Morgan fingerprint density at radius 1 is 1.43 bits per heavy atom. The normalized spacial score (nSPS) is 20.6. The second kappa shape index (κ2) is 7.41. The molecule has 5 heteroatoms. The zero-order valence-electron chi connectivity index (χ0n) is 12.9. The molecule has 21 heavy (non-hydrogen) atoms. The van der Waals surface area contributed by atoms with Gasteiger partial charge in [-0.15, -0.1) is 0 Å². The predicted octanol–water partition coefficient (Wildman–Crippen LogP) is 3.63. The minimum absolute atomic E-state index is 0.179. The van der Waals surface area contributed by atoms with E-state index in [4.69, 9.17) is 0 Å². The molecule has 1 aliphatic rings. The van der Waals surface area contributed by atoms with Gasteiger partial charge >= 0.3 is 0 Å². The van der Waals surface area contributed by atoms with Crippen LogP contribution in [0.3, 0.4) is 0 Å². The van der Waals surface area contributed by atoms with Gasteiger partial charge in [0.15, 0.2) is 0 Å². The number of hydrogen-bond donors (Lipinski definition) is 2. The Hall–Kier alpha value is -1.62. The van der Waals surface area contributed by atoms with Crippen LogP contribution in [0, 0.1) is 17.0 Å². The zero-order chi connectivity index (χ0) is 15.2. The fourth-order valence-corrected chi connectivity index (χ4v) is 3.02. The Morgan fingerprint density at radius 2 is 2.24 bits per heavy atom. The predicted molar refractivity (Wildman–Crippen MR) is 85.8 cm³/mol. The van der Waals surface area contributed by atoms with Crippen molar-refractivity contribution in [2.75, 3.05) is 11.9 Å². The summed E-state index contributed by atoms with van der Waals surface area (Å²) in [6.45, 7) is 5.07. The topological polar surface area (TPSA) is 67.2 Å². The second-order valence-electron chi connectivity index (χ2n) is 6.04. The number of benzene rings is 1. The highest BCUT2D eigenvalue weighted by molar-refractivity contribution is 5.53. The average Bonchev–Trinajstić information content (AvgIpc) is 2.66. The van der Waals surface area contributed by atoms with Crippen LogP contribution in [0.4, 0.5) is 11.4 Å². The molecule has 2 unspecified atom stereocenters. The summed E-state index contributed by atoms with van der Waals surface area (Å²) in [6.07, 6.45) is 6.23. The van der Waals surface area contributed by atoms with Gasteiger partial charge < -0.3 is 10.6 Å². The monoisotopic (exact) mass is 291 g/mol. The third-order valence-electron chi connectivity index (χ3n) is 4.11. The molecule has 1 fully saturated rings.